The lowest BCUT2D eigenvalue weighted by Crippen LogP contribution is -2.50. The second-order valence-electron chi connectivity index (χ2n) is 10.4. The summed E-state index contributed by atoms with van der Waals surface area (Å²) in [6, 6.07) is 8.31. The van der Waals surface area contributed by atoms with Gasteiger partial charge in [-0.05, 0) is 54.6 Å². The van der Waals surface area contributed by atoms with Crippen LogP contribution in [-0.2, 0) is 27.0 Å². The molecule has 1 aromatic heterocycles. The molecule has 0 aliphatic heterocycles. The summed E-state index contributed by atoms with van der Waals surface area (Å²) in [5.41, 5.74) is 17.8. The first kappa shape index (κ1) is 35.4. The van der Waals surface area contributed by atoms with E-state index in [-0.39, 0.29) is 55.8 Å². The SMILES string of the molecule is NCCN(CCN)C(=O)CC[C@H](N)C(=O)N[C@H](CCc1ccc(C(F)(F)F)cc1)C(=O)Nc1cnc2ccc(B(O)O)cc2c1. The summed E-state index contributed by atoms with van der Waals surface area (Å²) in [5, 5.41) is 24.7. The first-order valence-electron chi connectivity index (χ1n) is 14.3. The molecule has 3 aromatic rings. The van der Waals surface area contributed by atoms with E-state index in [1.54, 1.807) is 12.1 Å². The van der Waals surface area contributed by atoms with E-state index in [1.165, 1.54) is 35.4 Å². The molecule has 0 spiro atoms. The molecule has 12 nitrogen and oxygen atoms in total. The number of aromatic nitrogens is 1. The molecule has 0 bridgehead atoms. The molecule has 242 valence electrons. The van der Waals surface area contributed by atoms with Gasteiger partial charge in [-0.2, -0.15) is 13.2 Å². The summed E-state index contributed by atoms with van der Waals surface area (Å²) in [6.45, 7) is 1.08. The fourth-order valence-electron chi connectivity index (χ4n) is 4.57. The van der Waals surface area contributed by atoms with Gasteiger partial charge >= 0.3 is 13.3 Å². The van der Waals surface area contributed by atoms with Crippen molar-refractivity contribution in [2.24, 2.45) is 17.2 Å². The van der Waals surface area contributed by atoms with Gasteiger partial charge in [0.25, 0.3) is 0 Å². The van der Waals surface area contributed by atoms with Crippen LogP contribution in [0.15, 0.2) is 54.7 Å². The number of pyridine rings is 1. The van der Waals surface area contributed by atoms with Crippen molar-refractivity contribution in [2.75, 3.05) is 31.5 Å². The van der Waals surface area contributed by atoms with Gasteiger partial charge in [-0.15, -0.1) is 0 Å². The van der Waals surface area contributed by atoms with Crippen LogP contribution in [0.3, 0.4) is 0 Å². The van der Waals surface area contributed by atoms with Gasteiger partial charge in [0.2, 0.25) is 17.7 Å². The molecular weight excluding hydrogens is 594 g/mol. The lowest BCUT2D eigenvalue weighted by molar-refractivity contribution is -0.137. The molecule has 2 aromatic carbocycles. The van der Waals surface area contributed by atoms with Gasteiger partial charge < -0.3 is 42.8 Å². The first-order valence-corrected chi connectivity index (χ1v) is 14.3. The van der Waals surface area contributed by atoms with Gasteiger partial charge in [-0.3, -0.25) is 19.4 Å². The Morgan fingerprint density at radius 3 is 2.22 bits per heavy atom. The van der Waals surface area contributed by atoms with Gasteiger partial charge in [0.1, 0.15) is 6.04 Å². The highest BCUT2D eigenvalue weighted by Gasteiger charge is 2.30. The van der Waals surface area contributed by atoms with Crippen molar-refractivity contribution in [3.05, 3.63) is 65.9 Å². The van der Waals surface area contributed by atoms with E-state index in [0.717, 1.165) is 12.1 Å². The highest BCUT2D eigenvalue weighted by Crippen LogP contribution is 2.29. The maximum absolute atomic E-state index is 13.4. The molecule has 0 unspecified atom stereocenters. The molecule has 0 aliphatic carbocycles. The average molecular weight is 631 g/mol. The summed E-state index contributed by atoms with van der Waals surface area (Å²) in [6.07, 6.45) is -3.03. The minimum Gasteiger partial charge on any atom is -0.423 e. The number of nitrogens with one attached hydrogen (secondary N) is 2. The van der Waals surface area contributed by atoms with Crippen LogP contribution in [-0.4, -0.2) is 83.0 Å². The molecule has 0 saturated carbocycles. The van der Waals surface area contributed by atoms with E-state index >= 15 is 0 Å². The fraction of sp³-hybridized carbons (Fsp3) is 0.379. The Labute approximate surface area is 258 Å². The monoisotopic (exact) mass is 631 g/mol. The Morgan fingerprint density at radius 1 is 0.956 bits per heavy atom. The fourth-order valence-corrected chi connectivity index (χ4v) is 4.57. The molecule has 0 aliphatic rings. The van der Waals surface area contributed by atoms with E-state index in [0.29, 0.717) is 29.6 Å². The van der Waals surface area contributed by atoms with E-state index in [9.17, 15) is 37.6 Å². The van der Waals surface area contributed by atoms with Gasteiger partial charge in [0.05, 0.1) is 29.0 Å². The molecule has 10 N–H and O–H groups in total. The highest BCUT2D eigenvalue weighted by molar-refractivity contribution is 6.58. The molecule has 3 amide bonds. The van der Waals surface area contributed by atoms with Crippen LogP contribution >= 0.6 is 0 Å². The zero-order valence-corrected chi connectivity index (χ0v) is 24.5. The van der Waals surface area contributed by atoms with Crippen LogP contribution in [0.5, 0.6) is 0 Å². The van der Waals surface area contributed by atoms with Crippen molar-refractivity contribution in [1.82, 2.24) is 15.2 Å². The van der Waals surface area contributed by atoms with Crippen molar-refractivity contribution in [3.8, 4) is 0 Å². The van der Waals surface area contributed by atoms with Crippen molar-refractivity contribution in [3.63, 3.8) is 0 Å². The first-order chi connectivity index (χ1) is 21.3. The zero-order valence-electron chi connectivity index (χ0n) is 24.5. The number of hydrogen-bond acceptors (Lipinski definition) is 9. The van der Waals surface area contributed by atoms with Crippen LogP contribution in [0.4, 0.5) is 18.9 Å². The highest BCUT2D eigenvalue weighted by atomic mass is 19.4. The molecule has 0 radical (unpaired) electrons. The number of halogens is 3. The minimum atomic E-state index is -4.50. The Balaban J connectivity index is 1.74. The van der Waals surface area contributed by atoms with Crippen LogP contribution in [0, 0.1) is 0 Å². The number of carbonyl (C=O) groups excluding carboxylic acids is 3. The summed E-state index contributed by atoms with van der Waals surface area (Å²) in [5.74, 6) is -1.61. The number of alkyl halides is 3. The maximum atomic E-state index is 13.4. The van der Waals surface area contributed by atoms with Crippen molar-refractivity contribution in [1.29, 1.82) is 0 Å². The van der Waals surface area contributed by atoms with Crippen molar-refractivity contribution in [2.45, 2.75) is 43.9 Å². The summed E-state index contributed by atoms with van der Waals surface area (Å²) in [7, 11) is -1.71. The van der Waals surface area contributed by atoms with Crippen LogP contribution in [0.1, 0.15) is 30.4 Å². The van der Waals surface area contributed by atoms with E-state index < -0.39 is 42.8 Å². The standard InChI is InChI=1S/C29H37BF3N7O5/c31-29(32,33)20-4-1-18(2-5-20)3-8-25(39-27(42)23(36)7-10-26(41)40(13-11-34)14-12-35)28(43)38-22-16-19-15-21(30(44)45)6-9-24(19)37-17-22/h1-2,4-6,9,15-17,23,25,44-45H,3,7-8,10-14,34-36H2,(H,38,43)(H,39,42)/t23-,25+/m0/s1. The number of carbonyl (C=O) groups is 3. The maximum Gasteiger partial charge on any atom is 0.488 e. The molecule has 45 heavy (non-hydrogen) atoms. The molecule has 0 fully saturated rings. The van der Waals surface area contributed by atoms with E-state index in [1.807, 2.05) is 0 Å². The Bertz CT molecular complexity index is 1450. The van der Waals surface area contributed by atoms with Crippen molar-refractivity contribution < 1.29 is 37.6 Å². The quantitative estimate of drug-likeness (QED) is 0.111. The van der Waals surface area contributed by atoms with Crippen LogP contribution < -0.4 is 33.3 Å². The van der Waals surface area contributed by atoms with E-state index in [2.05, 4.69) is 15.6 Å². The number of nitrogens with two attached hydrogens (primary N) is 3. The lowest BCUT2D eigenvalue weighted by atomic mass is 9.80. The smallest absolute Gasteiger partial charge is 0.423 e. The topological polar surface area (TPSA) is 210 Å². The number of fused-ring (bicyclic) bond motifs is 1. The van der Waals surface area contributed by atoms with E-state index in [4.69, 9.17) is 17.2 Å². The second-order valence-corrected chi connectivity index (χ2v) is 10.4. The van der Waals surface area contributed by atoms with Gasteiger partial charge in [0, 0.05) is 38.0 Å². The van der Waals surface area contributed by atoms with Crippen LogP contribution in [0.2, 0.25) is 0 Å². The Kier molecular flexibility index (Phi) is 12.8. The minimum absolute atomic E-state index is 0.0111. The third-order valence-corrected chi connectivity index (χ3v) is 7.06. The van der Waals surface area contributed by atoms with Gasteiger partial charge in [-0.1, -0.05) is 24.3 Å². The number of aryl methyl sites for hydroxylation is 1. The van der Waals surface area contributed by atoms with Gasteiger partial charge in [-0.25, -0.2) is 0 Å². The van der Waals surface area contributed by atoms with Crippen LogP contribution in [0.25, 0.3) is 10.9 Å². The molecular formula is C29H37BF3N7O5. The largest absolute Gasteiger partial charge is 0.488 e. The molecule has 16 heteroatoms. The number of amides is 3. The third-order valence-electron chi connectivity index (χ3n) is 7.06. The Morgan fingerprint density at radius 2 is 1.62 bits per heavy atom. The molecule has 3 rings (SSSR count). The number of benzene rings is 2. The lowest BCUT2D eigenvalue weighted by Gasteiger charge is -2.23. The van der Waals surface area contributed by atoms with Crippen molar-refractivity contribution >= 4 is 46.9 Å². The summed E-state index contributed by atoms with van der Waals surface area (Å²) in [4.78, 5) is 44.7. The average Bonchev–Trinajstić information content (AvgIpc) is 3.00. The third kappa shape index (κ3) is 10.5. The summed E-state index contributed by atoms with van der Waals surface area (Å²) < 4.78 is 38.9. The Hall–Kier alpha value is -4.09. The second kappa shape index (κ2) is 16.3. The predicted molar refractivity (Wildman–Crippen MR) is 164 cm³/mol. The number of anilines is 1. The number of rotatable bonds is 15. The predicted octanol–water partition coefficient (Wildman–Crippen LogP) is -0.157. The van der Waals surface area contributed by atoms with Gasteiger partial charge in [0.15, 0.2) is 0 Å². The molecule has 0 saturated heterocycles. The molecule has 1 heterocycles. The normalized spacial score (nSPS) is 12.8. The zero-order chi connectivity index (χ0) is 33.1. The summed E-state index contributed by atoms with van der Waals surface area (Å²) >= 11 is 0. The number of nitrogens with zero attached hydrogens (tertiary/aromatic N) is 2. The number of hydrogen-bond donors (Lipinski definition) is 7. The molecule has 2 atom stereocenters.